The predicted octanol–water partition coefficient (Wildman–Crippen LogP) is 2.10. The van der Waals surface area contributed by atoms with Crippen LogP contribution in [0.5, 0.6) is 0 Å². The van der Waals surface area contributed by atoms with Crippen LogP contribution in [0, 0.1) is 0 Å². The Hall–Kier alpha value is -1.07. The van der Waals surface area contributed by atoms with E-state index in [1.165, 1.54) is 24.4 Å². The fraction of sp³-hybridized carbons (Fsp3) is 0.583. The Bertz CT molecular complexity index is 512. The molecule has 1 saturated carbocycles. The quantitative estimate of drug-likeness (QED) is 0.882. The smallest absolute Gasteiger partial charge is 0.195 e. The van der Waals surface area contributed by atoms with Gasteiger partial charge in [0.2, 0.25) is 0 Å². The second-order valence-corrected chi connectivity index (χ2v) is 5.36. The van der Waals surface area contributed by atoms with Gasteiger partial charge in [-0.15, -0.1) is 11.3 Å². The van der Waals surface area contributed by atoms with Crippen molar-refractivity contribution in [3.8, 4) is 0 Å². The number of rotatable bonds is 5. The van der Waals surface area contributed by atoms with E-state index in [2.05, 4.69) is 33.1 Å². The zero-order valence-electron chi connectivity index (χ0n) is 10.3. The molecule has 2 aromatic rings. The maximum atomic E-state index is 4.79. The van der Waals surface area contributed by atoms with E-state index in [0.29, 0.717) is 0 Å². The summed E-state index contributed by atoms with van der Waals surface area (Å²) in [7, 11) is 1.99. The molecule has 0 bridgehead atoms. The third-order valence-electron chi connectivity index (χ3n) is 3.28. The van der Waals surface area contributed by atoms with E-state index < -0.39 is 0 Å². The van der Waals surface area contributed by atoms with Gasteiger partial charge in [-0.25, -0.2) is 4.98 Å². The van der Waals surface area contributed by atoms with E-state index >= 15 is 0 Å². The number of aromatic nitrogens is 2. The van der Waals surface area contributed by atoms with Gasteiger partial charge >= 0.3 is 0 Å². The molecular weight excluding hydrogens is 232 g/mol. The summed E-state index contributed by atoms with van der Waals surface area (Å²) in [6.07, 6.45) is 4.75. The lowest BCUT2D eigenvalue weighted by Crippen LogP contribution is -2.27. The monoisotopic (exact) mass is 250 g/mol. The normalized spacial score (nSPS) is 15.6. The third kappa shape index (κ3) is 1.83. The maximum Gasteiger partial charge on any atom is 0.195 e. The molecular formula is C12H18N4S. The lowest BCUT2D eigenvalue weighted by molar-refractivity contribution is 0.754. The molecule has 0 spiro atoms. The van der Waals surface area contributed by atoms with Gasteiger partial charge in [0.15, 0.2) is 10.8 Å². The molecule has 2 aromatic heterocycles. The van der Waals surface area contributed by atoms with Crippen LogP contribution >= 0.6 is 11.3 Å². The Morgan fingerprint density at radius 2 is 2.41 bits per heavy atom. The number of fused-ring (bicyclic) bond motifs is 1. The Balaban J connectivity index is 2.06. The minimum atomic E-state index is 0.722. The molecule has 0 aliphatic heterocycles. The second-order valence-electron chi connectivity index (χ2n) is 4.49. The van der Waals surface area contributed by atoms with Gasteiger partial charge in [-0.1, -0.05) is 0 Å². The van der Waals surface area contributed by atoms with Gasteiger partial charge in [0, 0.05) is 30.7 Å². The van der Waals surface area contributed by atoms with E-state index in [0.717, 1.165) is 24.1 Å². The van der Waals surface area contributed by atoms with Crippen LogP contribution in [0.25, 0.3) is 4.96 Å². The van der Waals surface area contributed by atoms with Crippen molar-refractivity contribution in [1.82, 2.24) is 14.7 Å². The van der Waals surface area contributed by atoms with E-state index in [9.17, 15) is 0 Å². The number of nitrogens with zero attached hydrogens (tertiary/aromatic N) is 3. The molecule has 1 fully saturated rings. The molecule has 0 aromatic carbocycles. The molecule has 0 amide bonds. The zero-order valence-corrected chi connectivity index (χ0v) is 11.1. The lowest BCUT2D eigenvalue weighted by Gasteiger charge is -2.21. The highest BCUT2D eigenvalue weighted by Crippen LogP contribution is 2.34. The van der Waals surface area contributed by atoms with Crippen LogP contribution in [0.15, 0.2) is 11.6 Å². The van der Waals surface area contributed by atoms with Crippen molar-refractivity contribution in [2.24, 2.45) is 0 Å². The lowest BCUT2D eigenvalue weighted by atomic mass is 10.3. The molecule has 0 atom stereocenters. The van der Waals surface area contributed by atoms with Crippen LogP contribution in [0.3, 0.4) is 0 Å². The van der Waals surface area contributed by atoms with Gasteiger partial charge < -0.3 is 10.2 Å². The maximum absolute atomic E-state index is 4.79. The first kappa shape index (κ1) is 11.0. The summed E-state index contributed by atoms with van der Waals surface area (Å²) >= 11 is 1.71. The Morgan fingerprint density at radius 3 is 3.06 bits per heavy atom. The van der Waals surface area contributed by atoms with Crippen molar-refractivity contribution in [3.63, 3.8) is 0 Å². The van der Waals surface area contributed by atoms with Crippen molar-refractivity contribution in [3.05, 3.63) is 17.3 Å². The average molecular weight is 250 g/mol. The van der Waals surface area contributed by atoms with Crippen molar-refractivity contribution >= 4 is 22.1 Å². The van der Waals surface area contributed by atoms with Gasteiger partial charge in [-0.05, 0) is 26.8 Å². The summed E-state index contributed by atoms with van der Waals surface area (Å²) < 4.78 is 2.21. The van der Waals surface area contributed by atoms with Crippen LogP contribution in [0.2, 0.25) is 0 Å². The van der Waals surface area contributed by atoms with Gasteiger partial charge in [-0.2, -0.15) is 0 Å². The number of anilines is 1. The summed E-state index contributed by atoms with van der Waals surface area (Å²) in [4.78, 5) is 8.34. The standard InChI is InChI=1S/C12H18N4S/c1-3-15(9-4-5-9)11-10(8-13-2)16-6-7-17-12(16)14-11/h6-7,9,13H,3-5,8H2,1-2H3. The van der Waals surface area contributed by atoms with Crippen molar-refractivity contribution in [2.45, 2.75) is 32.4 Å². The van der Waals surface area contributed by atoms with E-state index in [1.807, 2.05) is 7.05 Å². The molecule has 3 rings (SSSR count). The average Bonchev–Trinajstić information content (AvgIpc) is 2.95. The minimum absolute atomic E-state index is 0.722. The van der Waals surface area contributed by atoms with E-state index in [1.54, 1.807) is 11.3 Å². The Kier molecular flexibility index (Phi) is 2.80. The van der Waals surface area contributed by atoms with Crippen molar-refractivity contribution in [2.75, 3.05) is 18.5 Å². The fourth-order valence-electron chi connectivity index (χ4n) is 2.35. The number of hydrogen-bond acceptors (Lipinski definition) is 4. The summed E-state index contributed by atoms with van der Waals surface area (Å²) in [5.74, 6) is 1.18. The van der Waals surface area contributed by atoms with Crippen LogP contribution in [-0.4, -0.2) is 29.0 Å². The van der Waals surface area contributed by atoms with E-state index in [4.69, 9.17) is 4.98 Å². The second kappa shape index (κ2) is 4.31. The van der Waals surface area contributed by atoms with Crippen LogP contribution in [0.1, 0.15) is 25.5 Å². The molecule has 92 valence electrons. The summed E-state index contributed by atoms with van der Waals surface area (Å²) in [6.45, 7) is 4.14. The first-order chi connectivity index (χ1) is 8.35. The van der Waals surface area contributed by atoms with Crippen LogP contribution in [0.4, 0.5) is 5.82 Å². The largest absolute Gasteiger partial charge is 0.352 e. The number of thiazole rings is 1. The fourth-order valence-corrected chi connectivity index (χ4v) is 3.08. The number of imidazole rings is 1. The van der Waals surface area contributed by atoms with Crippen molar-refractivity contribution in [1.29, 1.82) is 0 Å². The van der Waals surface area contributed by atoms with Gasteiger partial charge in [-0.3, -0.25) is 4.40 Å². The van der Waals surface area contributed by atoms with Gasteiger partial charge in [0.1, 0.15) is 0 Å². The SMILES string of the molecule is CCN(c1nc2sccn2c1CNC)C1CC1. The highest BCUT2D eigenvalue weighted by Gasteiger charge is 2.31. The molecule has 0 saturated heterocycles. The molecule has 1 aliphatic rings. The van der Waals surface area contributed by atoms with Gasteiger partial charge in [0.05, 0.1) is 5.69 Å². The number of hydrogen-bond donors (Lipinski definition) is 1. The Labute approximate surface area is 105 Å². The Morgan fingerprint density at radius 1 is 1.59 bits per heavy atom. The third-order valence-corrected chi connectivity index (χ3v) is 4.04. The topological polar surface area (TPSA) is 32.6 Å². The zero-order chi connectivity index (χ0) is 11.8. The molecule has 5 heteroatoms. The van der Waals surface area contributed by atoms with E-state index in [-0.39, 0.29) is 0 Å². The molecule has 17 heavy (non-hydrogen) atoms. The summed E-state index contributed by atoms with van der Waals surface area (Å²) in [5.41, 5.74) is 1.29. The molecule has 1 N–H and O–H groups in total. The first-order valence-corrected chi connectivity index (χ1v) is 7.08. The number of nitrogens with one attached hydrogen (secondary N) is 1. The first-order valence-electron chi connectivity index (χ1n) is 6.20. The summed E-state index contributed by atoms with van der Waals surface area (Å²) in [6, 6.07) is 0.722. The molecule has 0 radical (unpaired) electrons. The molecule has 0 unspecified atom stereocenters. The minimum Gasteiger partial charge on any atom is -0.352 e. The highest BCUT2D eigenvalue weighted by atomic mass is 32.1. The summed E-state index contributed by atoms with van der Waals surface area (Å²) in [5, 5.41) is 5.34. The van der Waals surface area contributed by atoms with Crippen LogP contribution < -0.4 is 10.2 Å². The highest BCUT2D eigenvalue weighted by molar-refractivity contribution is 7.15. The predicted molar refractivity (Wildman–Crippen MR) is 71.9 cm³/mol. The van der Waals surface area contributed by atoms with Crippen molar-refractivity contribution < 1.29 is 0 Å². The molecule has 1 aliphatic carbocycles. The molecule has 2 heterocycles. The molecule has 4 nitrogen and oxygen atoms in total. The van der Waals surface area contributed by atoms with Crippen LogP contribution in [-0.2, 0) is 6.54 Å². The van der Waals surface area contributed by atoms with Gasteiger partial charge in [0.25, 0.3) is 0 Å².